The Kier molecular flexibility index (Phi) is 5.11. The van der Waals surface area contributed by atoms with Crippen LogP contribution in [0, 0.1) is 11.3 Å². The van der Waals surface area contributed by atoms with Crippen molar-refractivity contribution in [3.05, 3.63) is 36.3 Å². The molecule has 29 heavy (non-hydrogen) atoms. The second-order valence-corrected chi connectivity index (χ2v) is 6.72. The summed E-state index contributed by atoms with van der Waals surface area (Å²) in [6.45, 7) is 1.31. The van der Waals surface area contributed by atoms with Crippen molar-refractivity contribution in [2.45, 2.75) is 25.6 Å². The number of carbonyl (C=O) groups excluding carboxylic acids is 1. The molecular weight excluding hydrogens is 387 g/mol. The van der Waals surface area contributed by atoms with E-state index in [1.807, 2.05) is 17.5 Å². The van der Waals surface area contributed by atoms with E-state index in [1.165, 1.54) is 20.0 Å². The van der Waals surface area contributed by atoms with Gasteiger partial charge in [-0.2, -0.15) is 18.4 Å². The van der Waals surface area contributed by atoms with Crippen LogP contribution in [0.15, 0.2) is 30.7 Å². The number of anilines is 1. The predicted octanol–water partition coefficient (Wildman–Crippen LogP) is 2.76. The van der Waals surface area contributed by atoms with Gasteiger partial charge in [-0.05, 0) is 26.0 Å². The fourth-order valence-electron chi connectivity index (χ4n) is 2.58. The maximum Gasteiger partial charge on any atom is 0.405 e. The summed E-state index contributed by atoms with van der Waals surface area (Å²) in [4.78, 5) is 27.9. The first-order valence-electron chi connectivity index (χ1n) is 8.43. The average molecular weight is 403 g/mol. The smallest absolute Gasteiger partial charge is 0.355 e. The number of hydrogen-bond acceptors (Lipinski definition) is 6. The second kappa shape index (κ2) is 7.38. The van der Waals surface area contributed by atoms with Crippen LogP contribution >= 0.6 is 0 Å². The molecule has 0 aliphatic carbocycles. The Labute approximate surface area is 163 Å². The van der Waals surface area contributed by atoms with Gasteiger partial charge in [-0.1, -0.05) is 0 Å². The van der Waals surface area contributed by atoms with Gasteiger partial charge >= 0.3 is 6.18 Å². The van der Waals surface area contributed by atoms with Crippen LogP contribution in [-0.2, 0) is 4.79 Å². The van der Waals surface area contributed by atoms with Gasteiger partial charge in [0, 0.05) is 23.3 Å². The molecule has 0 unspecified atom stereocenters. The van der Waals surface area contributed by atoms with Gasteiger partial charge in [0.1, 0.15) is 35.2 Å². The van der Waals surface area contributed by atoms with E-state index < -0.39 is 24.2 Å². The first kappa shape index (κ1) is 20.1. The number of fused-ring (bicyclic) bond motifs is 1. The van der Waals surface area contributed by atoms with E-state index >= 15 is 0 Å². The number of rotatable bonds is 5. The summed E-state index contributed by atoms with van der Waals surface area (Å²) in [5.74, 6) is -0.602. The third-order valence-corrected chi connectivity index (χ3v) is 4.05. The Morgan fingerprint density at radius 1 is 1.31 bits per heavy atom. The Balaban J connectivity index is 1.92. The lowest BCUT2D eigenvalue weighted by Gasteiger charge is -2.26. The van der Waals surface area contributed by atoms with E-state index in [9.17, 15) is 23.2 Å². The highest BCUT2D eigenvalue weighted by Crippen LogP contribution is 2.27. The second-order valence-electron chi connectivity index (χ2n) is 6.72. The number of aromatic amines is 1. The number of pyridine rings is 1. The molecule has 0 radical (unpaired) electrons. The van der Waals surface area contributed by atoms with Crippen molar-refractivity contribution >= 4 is 22.8 Å². The topological polar surface area (TPSA) is 119 Å². The van der Waals surface area contributed by atoms with Crippen molar-refractivity contribution in [1.29, 1.82) is 5.26 Å². The van der Waals surface area contributed by atoms with Crippen LogP contribution in [0.3, 0.4) is 0 Å². The van der Waals surface area contributed by atoms with Crippen LogP contribution in [0.25, 0.3) is 22.4 Å². The lowest BCUT2D eigenvalue weighted by molar-refractivity contribution is -0.140. The standard InChI is InChI=1S/C18H16F3N7O/c1-17(2,16(29)26-9-18(19,20)21)28-13-10(6-22)7-24-15(27-13)12-8-25-14-11(12)4-3-5-23-14/h3-5,7-8H,9H2,1-2H3,(H,23,25)(H,26,29)(H,24,27,28). The summed E-state index contributed by atoms with van der Waals surface area (Å²) < 4.78 is 37.1. The first-order chi connectivity index (χ1) is 13.6. The quantitative estimate of drug-likeness (QED) is 0.603. The van der Waals surface area contributed by atoms with Gasteiger partial charge in [0.25, 0.3) is 0 Å². The van der Waals surface area contributed by atoms with E-state index in [-0.39, 0.29) is 17.2 Å². The van der Waals surface area contributed by atoms with E-state index in [4.69, 9.17) is 0 Å². The van der Waals surface area contributed by atoms with Crippen molar-refractivity contribution in [3.8, 4) is 17.5 Å². The zero-order valence-corrected chi connectivity index (χ0v) is 15.4. The van der Waals surface area contributed by atoms with E-state index in [0.717, 1.165) is 5.39 Å². The largest absolute Gasteiger partial charge is 0.405 e. The van der Waals surface area contributed by atoms with Crippen molar-refractivity contribution < 1.29 is 18.0 Å². The Morgan fingerprint density at radius 3 is 2.76 bits per heavy atom. The molecule has 0 atom stereocenters. The van der Waals surface area contributed by atoms with E-state index in [2.05, 4.69) is 25.3 Å². The average Bonchev–Trinajstić information content (AvgIpc) is 3.09. The fourth-order valence-corrected chi connectivity index (χ4v) is 2.58. The molecule has 3 rings (SSSR count). The van der Waals surface area contributed by atoms with Gasteiger partial charge in [-0.25, -0.2) is 15.0 Å². The molecule has 0 aromatic carbocycles. The van der Waals surface area contributed by atoms with Crippen molar-refractivity contribution in [2.75, 3.05) is 11.9 Å². The molecule has 3 aromatic heterocycles. The van der Waals surface area contributed by atoms with Crippen molar-refractivity contribution in [2.24, 2.45) is 0 Å². The van der Waals surface area contributed by atoms with Crippen molar-refractivity contribution in [3.63, 3.8) is 0 Å². The Hall–Kier alpha value is -3.68. The molecule has 0 aliphatic rings. The molecule has 0 aliphatic heterocycles. The molecule has 0 saturated heterocycles. The Bertz CT molecular complexity index is 1100. The third-order valence-electron chi connectivity index (χ3n) is 4.05. The van der Waals surface area contributed by atoms with Crippen LogP contribution in [-0.4, -0.2) is 44.1 Å². The number of halogens is 3. The minimum absolute atomic E-state index is 0.0305. The minimum Gasteiger partial charge on any atom is -0.355 e. The molecule has 3 heterocycles. The summed E-state index contributed by atoms with van der Waals surface area (Å²) in [7, 11) is 0. The molecule has 0 fully saturated rings. The van der Waals surface area contributed by atoms with Crippen LogP contribution in [0.2, 0.25) is 0 Å². The number of amides is 1. The molecule has 8 nitrogen and oxygen atoms in total. The zero-order chi connectivity index (χ0) is 21.2. The van der Waals surface area contributed by atoms with Gasteiger partial charge in [-0.15, -0.1) is 0 Å². The maximum atomic E-state index is 12.4. The molecule has 150 valence electrons. The van der Waals surface area contributed by atoms with Gasteiger partial charge < -0.3 is 15.6 Å². The molecule has 1 amide bonds. The van der Waals surface area contributed by atoms with E-state index in [0.29, 0.717) is 11.2 Å². The van der Waals surface area contributed by atoms with Gasteiger partial charge in [0.2, 0.25) is 5.91 Å². The Morgan fingerprint density at radius 2 is 2.07 bits per heavy atom. The minimum atomic E-state index is -4.53. The molecule has 3 N–H and O–H groups in total. The van der Waals surface area contributed by atoms with Crippen LogP contribution in [0.1, 0.15) is 19.4 Å². The number of aromatic nitrogens is 4. The summed E-state index contributed by atoms with van der Waals surface area (Å²) in [5, 5.41) is 14.6. The monoisotopic (exact) mass is 403 g/mol. The lowest BCUT2D eigenvalue weighted by atomic mass is 10.0. The fraction of sp³-hybridized carbons (Fsp3) is 0.278. The highest BCUT2D eigenvalue weighted by atomic mass is 19.4. The summed E-state index contributed by atoms with van der Waals surface area (Å²) in [6.07, 6.45) is 0.0277. The van der Waals surface area contributed by atoms with Gasteiger partial charge in [0.05, 0.1) is 6.20 Å². The number of nitrogens with zero attached hydrogens (tertiary/aromatic N) is 4. The number of nitriles is 1. The highest BCUT2D eigenvalue weighted by molar-refractivity contribution is 5.92. The predicted molar refractivity (Wildman–Crippen MR) is 98.6 cm³/mol. The summed E-state index contributed by atoms with van der Waals surface area (Å²) in [6, 6.07) is 5.47. The summed E-state index contributed by atoms with van der Waals surface area (Å²) >= 11 is 0. The van der Waals surface area contributed by atoms with Crippen LogP contribution in [0.4, 0.5) is 19.0 Å². The summed E-state index contributed by atoms with van der Waals surface area (Å²) in [5.41, 5.74) is -0.176. The molecule has 0 saturated carbocycles. The molecule has 3 aromatic rings. The SMILES string of the molecule is CC(C)(Nc1nc(-c2c[nH]c3ncccc23)ncc1C#N)C(=O)NCC(F)(F)F. The number of nitrogens with one attached hydrogen (secondary N) is 3. The highest BCUT2D eigenvalue weighted by Gasteiger charge is 2.34. The van der Waals surface area contributed by atoms with Crippen LogP contribution < -0.4 is 10.6 Å². The maximum absolute atomic E-state index is 12.4. The molecule has 11 heteroatoms. The zero-order valence-electron chi connectivity index (χ0n) is 15.4. The molecule has 0 spiro atoms. The number of alkyl halides is 3. The van der Waals surface area contributed by atoms with E-state index in [1.54, 1.807) is 18.5 Å². The third kappa shape index (κ3) is 4.43. The normalized spacial score (nSPS) is 11.9. The van der Waals surface area contributed by atoms with Gasteiger partial charge in [0.15, 0.2) is 5.82 Å². The molecule has 0 bridgehead atoms. The van der Waals surface area contributed by atoms with Crippen LogP contribution in [0.5, 0.6) is 0 Å². The lowest BCUT2D eigenvalue weighted by Crippen LogP contribution is -2.50. The van der Waals surface area contributed by atoms with Gasteiger partial charge in [-0.3, -0.25) is 4.79 Å². The number of carbonyl (C=O) groups is 1. The number of H-pyrrole nitrogens is 1. The van der Waals surface area contributed by atoms with Crippen molar-refractivity contribution in [1.82, 2.24) is 25.3 Å². The number of hydrogen-bond donors (Lipinski definition) is 3. The first-order valence-corrected chi connectivity index (χ1v) is 8.43. The molecular formula is C18H16F3N7O.